The first kappa shape index (κ1) is 14.2. The first-order valence-corrected chi connectivity index (χ1v) is 4.89. The zero-order valence-electron chi connectivity index (χ0n) is 9.05. The first-order chi connectivity index (χ1) is 5.63. The van der Waals surface area contributed by atoms with Gasteiger partial charge in [0.05, 0.1) is 0 Å². The number of Topliss-reactive ketones (excluding diaryl/α,β-unsaturated/α-hetero) is 1. The van der Waals surface area contributed by atoms with E-state index in [9.17, 15) is 4.79 Å². The third-order valence-electron chi connectivity index (χ3n) is 1.95. The van der Waals surface area contributed by atoms with Gasteiger partial charge in [-0.2, -0.15) is 0 Å². The highest BCUT2D eigenvalue weighted by Crippen LogP contribution is 2.10. The summed E-state index contributed by atoms with van der Waals surface area (Å²) in [7, 11) is 0. The molecule has 0 spiro atoms. The van der Waals surface area contributed by atoms with Crippen LogP contribution < -0.4 is 5.73 Å². The van der Waals surface area contributed by atoms with Gasteiger partial charge in [0.25, 0.3) is 0 Å². The molecule has 0 aromatic carbocycles. The van der Waals surface area contributed by atoms with Gasteiger partial charge in [0.15, 0.2) is 0 Å². The lowest BCUT2D eigenvalue weighted by Gasteiger charge is -2.17. The van der Waals surface area contributed by atoms with Crippen molar-refractivity contribution in [2.24, 2.45) is 11.7 Å². The largest absolute Gasteiger partial charge is 0.327 e. The van der Waals surface area contributed by atoms with Gasteiger partial charge in [-0.25, -0.2) is 0 Å². The molecule has 0 saturated heterocycles. The monoisotopic (exact) mass is 173 g/mol. The Kier molecular flexibility index (Phi) is 10.3. The van der Waals surface area contributed by atoms with Gasteiger partial charge in [-0.3, -0.25) is 4.79 Å². The minimum absolute atomic E-state index is 0.0579. The van der Waals surface area contributed by atoms with E-state index in [0.29, 0.717) is 0 Å². The van der Waals surface area contributed by atoms with Crippen LogP contribution in [0.15, 0.2) is 0 Å². The lowest BCUT2D eigenvalue weighted by molar-refractivity contribution is -0.121. The summed E-state index contributed by atoms with van der Waals surface area (Å²) in [6.45, 7) is 9.63. The van der Waals surface area contributed by atoms with E-state index in [1.807, 2.05) is 27.7 Å². The van der Waals surface area contributed by atoms with Crippen molar-refractivity contribution in [2.45, 2.75) is 53.5 Å². The molecule has 2 nitrogen and oxygen atoms in total. The first-order valence-electron chi connectivity index (χ1n) is 4.89. The third-order valence-corrected chi connectivity index (χ3v) is 1.95. The van der Waals surface area contributed by atoms with Crippen LogP contribution in [0.4, 0.5) is 0 Å². The molecule has 0 fully saturated rings. The van der Waals surface area contributed by atoms with Gasteiger partial charge >= 0.3 is 0 Å². The van der Waals surface area contributed by atoms with Crippen molar-refractivity contribution in [3.8, 4) is 0 Å². The molecular formula is C10H23NO. The zero-order chi connectivity index (χ0) is 10.1. The number of hydrogen-bond donors (Lipinski definition) is 1. The number of ketones is 1. The molecule has 0 heterocycles. The Balaban J connectivity index is 0. The van der Waals surface area contributed by atoms with Crippen LogP contribution in [-0.4, -0.2) is 11.8 Å². The van der Waals surface area contributed by atoms with Crippen LogP contribution in [0.2, 0.25) is 0 Å². The average molecular weight is 173 g/mol. The van der Waals surface area contributed by atoms with Crippen LogP contribution in [0.3, 0.4) is 0 Å². The lowest BCUT2D eigenvalue weighted by Crippen LogP contribution is -2.33. The summed E-state index contributed by atoms with van der Waals surface area (Å²) in [5, 5.41) is 0. The van der Waals surface area contributed by atoms with E-state index in [1.165, 1.54) is 0 Å². The average Bonchev–Trinajstić information content (AvgIpc) is 2.08. The Morgan fingerprint density at radius 2 is 1.67 bits per heavy atom. The lowest BCUT2D eigenvalue weighted by atomic mass is 9.92. The van der Waals surface area contributed by atoms with Crippen molar-refractivity contribution in [3.05, 3.63) is 0 Å². The number of rotatable bonds is 4. The van der Waals surface area contributed by atoms with Crippen molar-refractivity contribution in [1.82, 2.24) is 0 Å². The highest BCUT2D eigenvalue weighted by atomic mass is 16.1. The van der Waals surface area contributed by atoms with Crippen molar-refractivity contribution in [3.63, 3.8) is 0 Å². The second kappa shape index (κ2) is 8.72. The smallest absolute Gasteiger partial charge is 0.134 e. The minimum atomic E-state index is 0.0579. The molecule has 74 valence electrons. The van der Waals surface area contributed by atoms with Crippen molar-refractivity contribution < 1.29 is 4.79 Å². The van der Waals surface area contributed by atoms with Crippen LogP contribution >= 0.6 is 0 Å². The molecular weight excluding hydrogens is 150 g/mol. The summed E-state index contributed by atoms with van der Waals surface area (Å²) in [4.78, 5) is 10.9. The normalized spacial score (nSPS) is 14.2. The van der Waals surface area contributed by atoms with E-state index < -0.39 is 0 Å². The Labute approximate surface area is 76.5 Å². The molecule has 12 heavy (non-hydrogen) atoms. The Morgan fingerprint density at radius 1 is 1.25 bits per heavy atom. The molecule has 0 amide bonds. The molecule has 0 aliphatic carbocycles. The van der Waals surface area contributed by atoms with E-state index in [2.05, 4.69) is 0 Å². The molecule has 0 aromatic rings. The van der Waals surface area contributed by atoms with Gasteiger partial charge in [0.1, 0.15) is 5.78 Å². The van der Waals surface area contributed by atoms with Crippen LogP contribution in [-0.2, 0) is 4.79 Å². The van der Waals surface area contributed by atoms with Crippen LogP contribution in [0.5, 0.6) is 0 Å². The molecule has 2 unspecified atom stereocenters. The molecule has 2 heteroatoms. The van der Waals surface area contributed by atoms with Gasteiger partial charge in [-0.1, -0.05) is 27.7 Å². The van der Waals surface area contributed by atoms with Gasteiger partial charge in [0, 0.05) is 12.0 Å². The quantitative estimate of drug-likeness (QED) is 0.709. The Bertz CT molecular complexity index is 112. The Morgan fingerprint density at radius 3 is 1.75 bits per heavy atom. The van der Waals surface area contributed by atoms with Gasteiger partial charge < -0.3 is 5.73 Å². The molecule has 2 atom stereocenters. The summed E-state index contributed by atoms with van der Waals surface area (Å²) >= 11 is 0. The van der Waals surface area contributed by atoms with E-state index in [0.717, 1.165) is 12.8 Å². The van der Waals surface area contributed by atoms with Crippen LogP contribution in [0.25, 0.3) is 0 Å². The third kappa shape index (κ3) is 5.30. The molecule has 0 aliphatic heterocycles. The van der Waals surface area contributed by atoms with E-state index in [1.54, 1.807) is 6.92 Å². The molecule has 0 radical (unpaired) electrons. The number of carbonyl (C=O) groups is 1. The molecule has 0 rings (SSSR count). The van der Waals surface area contributed by atoms with Gasteiger partial charge in [-0.15, -0.1) is 0 Å². The maximum atomic E-state index is 10.9. The van der Waals surface area contributed by atoms with Crippen LogP contribution in [0, 0.1) is 5.92 Å². The van der Waals surface area contributed by atoms with Crippen molar-refractivity contribution >= 4 is 5.78 Å². The number of hydrogen-bond acceptors (Lipinski definition) is 2. The van der Waals surface area contributed by atoms with E-state index in [4.69, 9.17) is 5.73 Å². The Hall–Kier alpha value is -0.370. The van der Waals surface area contributed by atoms with E-state index in [-0.39, 0.29) is 17.7 Å². The molecule has 0 aromatic heterocycles. The SMILES string of the molecule is CC.CCC(N)C(CC)C(C)=O. The molecule has 0 aliphatic rings. The standard InChI is InChI=1S/C8H17NO.C2H6/c1-4-7(6(3)10)8(9)5-2;1-2/h7-8H,4-5,9H2,1-3H3;1-2H3. The van der Waals surface area contributed by atoms with E-state index >= 15 is 0 Å². The predicted octanol–water partition coefficient (Wildman–Crippen LogP) is 2.37. The number of carbonyl (C=O) groups excluding carboxylic acids is 1. The minimum Gasteiger partial charge on any atom is -0.327 e. The predicted molar refractivity (Wildman–Crippen MR) is 54.1 cm³/mol. The summed E-state index contributed by atoms with van der Waals surface area (Å²) in [6, 6.07) is 0.0579. The van der Waals surface area contributed by atoms with Crippen LogP contribution in [0.1, 0.15) is 47.5 Å². The van der Waals surface area contributed by atoms with Gasteiger partial charge in [-0.05, 0) is 19.8 Å². The summed E-state index contributed by atoms with van der Waals surface area (Å²) in [5.74, 6) is 0.293. The maximum absolute atomic E-state index is 10.9. The summed E-state index contributed by atoms with van der Waals surface area (Å²) in [5.41, 5.74) is 5.71. The number of nitrogens with two attached hydrogens (primary N) is 1. The van der Waals surface area contributed by atoms with Crippen molar-refractivity contribution in [1.29, 1.82) is 0 Å². The second-order valence-corrected chi connectivity index (χ2v) is 2.70. The highest BCUT2D eigenvalue weighted by molar-refractivity contribution is 5.78. The summed E-state index contributed by atoms with van der Waals surface area (Å²) < 4.78 is 0. The topological polar surface area (TPSA) is 43.1 Å². The molecule has 2 N–H and O–H groups in total. The highest BCUT2D eigenvalue weighted by Gasteiger charge is 2.17. The van der Waals surface area contributed by atoms with Gasteiger partial charge in [0.2, 0.25) is 0 Å². The van der Waals surface area contributed by atoms with Crippen molar-refractivity contribution in [2.75, 3.05) is 0 Å². The second-order valence-electron chi connectivity index (χ2n) is 2.70. The molecule has 0 bridgehead atoms. The maximum Gasteiger partial charge on any atom is 0.134 e. The fraction of sp³-hybridized carbons (Fsp3) is 0.900. The zero-order valence-corrected chi connectivity index (χ0v) is 9.05. The molecule has 0 saturated carbocycles. The fourth-order valence-corrected chi connectivity index (χ4v) is 1.18. The summed E-state index contributed by atoms with van der Waals surface area (Å²) in [6.07, 6.45) is 1.75. The fourth-order valence-electron chi connectivity index (χ4n) is 1.18.